The summed E-state index contributed by atoms with van der Waals surface area (Å²) in [4.78, 5) is 27.8. The van der Waals surface area contributed by atoms with E-state index in [0.29, 0.717) is 11.1 Å². The second kappa shape index (κ2) is 15.7. The summed E-state index contributed by atoms with van der Waals surface area (Å²) < 4.78 is 12.7. The van der Waals surface area contributed by atoms with Crippen molar-refractivity contribution in [2.75, 3.05) is 0 Å². The topological polar surface area (TPSA) is 52.6 Å². The molecule has 0 aromatic heterocycles. The Morgan fingerprint density at radius 3 is 1.09 bits per heavy atom. The lowest BCUT2D eigenvalue weighted by molar-refractivity contribution is 0.0646. The number of ether oxygens (including phenoxy) is 2. The summed E-state index contributed by atoms with van der Waals surface area (Å²) in [7, 11) is 0. The van der Waals surface area contributed by atoms with Crippen molar-refractivity contribution in [1.29, 1.82) is 0 Å². The normalized spacial score (nSPS) is 11.7. The number of hydrogen-bond donors (Lipinski definition) is 0. The molecule has 0 radical (unpaired) electrons. The molecule has 0 N–H and O–H groups in total. The van der Waals surface area contributed by atoms with Crippen LogP contribution in [-0.4, -0.2) is 11.9 Å². The molecular weight excluding hydrogens is 568 g/mol. The molecule has 0 saturated heterocycles. The van der Waals surface area contributed by atoms with E-state index in [1.54, 1.807) is 0 Å². The highest BCUT2D eigenvalue weighted by Crippen LogP contribution is 2.37. The number of rotatable bonds is 12. The summed E-state index contributed by atoms with van der Waals surface area (Å²) in [5.74, 6) is -0.545. The lowest BCUT2D eigenvalue weighted by atomic mass is 9.93. The van der Waals surface area contributed by atoms with E-state index < -0.39 is 11.9 Å². The molecule has 0 aliphatic heterocycles. The number of carbonyl (C=O) groups is 2. The van der Waals surface area contributed by atoms with E-state index in [1.165, 1.54) is 11.1 Å². The number of aryl methyl sites for hydroxylation is 8. The molecule has 0 amide bonds. The first-order valence-corrected chi connectivity index (χ1v) is 16.5. The number of hydrogen-bond acceptors (Lipinski definition) is 4. The average Bonchev–Trinajstić information content (AvgIpc) is 3.01. The van der Waals surface area contributed by atoms with E-state index in [1.807, 2.05) is 90.1 Å². The molecule has 4 aromatic rings. The quantitative estimate of drug-likeness (QED) is 0.0903. The van der Waals surface area contributed by atoms with Gasteiger partial charge in [0.05, 0.1) is 11.1 Å². The fourth-order valence-electron chi connectivity index (χ4n) is 6.18. The van der Waals surface area contributed by atoms with Crippen LogP contribution in [0.15, 0.2) is 72.8 Å². The SMILES string of the molecule is CCCCc1ccc(C(=O)OC(=C(OC(=O)c2ccc(CCCC)cc2)c2c(C)cc(C)cc2C)c2c(C)cc(C)cc2C)cc1. The van der Waals surface area contributed by atoms with Crippen LogP contribution in [0.1, 0.15) is 116 Å². The van der Waals surface area contributed by atoms with Gasteiger partial charge in [0, 0.05) is 11.1 Å². The van der Waals surface area contributed by atoms with Crippen LogP contribution in [0.5, 0.6) is 0 Å². The molecule has 0 aliphatic rings. The molecule has 0 saturated carbocycles. The highest BCUT2D eigenvalue weighted by Gasteiger charge is 2.27. The third-order valence-electron chi connectivity index (χ3n) is 8.42. The van der Waals surface area contributed by atoms with Crippen molar-refractivity contribution in [3.63, 3.8) is 0 Å². The van der Waals surface area contributed by atoms with Gasteiger partial charge < -0.3 is 9.47 Å². The lowest BCUT2D eigenvalue weighted by Gasteiger charge is -2.22. The van der Waals surface area contributed by atoms with Crippen LogP contribution in [0.25, 0.3) is 11.5 Å². The van der Waals surface area contributed by atoms with Gasteiger partial charge in [-0.3, -0.25) is 0 Å². The maximum Gasteiger partial charge on any atom is 0.343 e. The summed E-state index contributed by atoms with van der Waals surface area (Å²) in [5.41, 5.74) is 10.6. The third kappa shape index (κ3) is 8.42. The number of esters is 2. The summed E-state index contributed by atoms with van der Waals surface area (Å²) >= 11 is 0. The van der Waals surface area contributed by atoms with Crippen molar-refractivity contribution in [2.45, 2.75) is 93.9 Å². The van der Waals surface area contributed by atoms with E-state index in [4.69, 9.17) is 9.47 Å². The van der Waals surface area contributed by atoms with Crippen molar-refractivity contribution in [3.05, 3.63) is 140 Å². The zero-order chi connectivity index (χ0) is 33.4. The Labute approximate surface area is 275 Å². The highest BCUT2D eigenvalue weighted by atomic mass is 16.6. The second-order valence-electron chi connectivity index (χ2n) is 12.6. The molecule has 0 heterocycles. The molecule has 4 aromatic carbocycles. The minimum absolute atomic E-state index is 0.234. The molecule has 0 atom stereocenters. The largest absolute Gasteiger partial charge is 0.418 e. The number of carbonyl (C=O) groups excluding carboxylic acids is 2. The zero-order valence-electron chi connectivity index (χ0n) is 28.8. The Balaban J connectivity index is 1.90. The fraction of sp³-hybridized carbons (Fsp3) is 0.333. The smallest absolute Gasteiger partial charge is 0.343 e. The first-order chi connectivity index (χ1) is 22.0. The monoisotopic (exact) mass is 616 g/mol. The average molecular weight is 617 g/mol. The van der Waals surface area contributed by atoms with Crippen molar-refractivity contribution < 1.29 is 19.1 Å². The van der Waals surface area contributed by atoms with E-state index in [0.717, 1.165) is 83.0 Å². The Hall–Kier alpha value is -4.44. The predicted octanol–water partition coefficient (Wildman–Crippen LogP) is 10.8. The minimum atomic E-state index is -0.507. The molecule has 4 nitrogen and oxygen atoms in total. The van der Waals surface area contributed by atoms with Gasteiger partial charge in [-0.05, 0) is 125 Å². The van der Waals surface area contributed by atoms with Crippen LogP contribution in [0, 0.1) is 41.5 Å². The molecule has 0 unspecified atom stereocenters. The molecule has 4 rings (SSSR count). The van der Waals surface area contributed by atoms with E-state index in [2.05, 4.69) is 38.1 Å². The van der Waals surface area contributed by atoms with Gasteiger partial charge >= 0.3 is 11.9 Å². The van der Waals surface area contributed by atoms with Gasteiger partial charge in [-0.25, -0.2) is 9.59 Å². The number of benzene rings is 4. The summed E-state index contributed by atoms with van der Waals surface area (Å²) in [5, 5.41) is 0. The van der Waals surface area contributed by atoms with Gasteiger partial charge in [-0.2, -0.15) is 0 Å². The van der Waals surface area contributed by atoms with Crippen molar-refractivity contribution >= 4 is 23.5 Å². The Bertz CT molecular complexity index is 1550. The van der Waals surface area contributed by atoms with Crippen LogP contribution < -0.4 is 0 Å². The van der Waals surface area contributed by atoms with Gasteiger partial charge in [-0.1, -0.05) is 86.3 Å². The van der Waals surface area contributed by atoms with Gasteiger partial charge in [0.25, 0.3) is 0 Å². The Kier molecular flexibility index (Phi) is 11.8. The van der Waals surface area contributed by atoms with E-state index in [9.17, 15) is 9.59 Å². The van der Waals surface area contributed by atoms with Crippen LogP contribution in [0.2, 0.25) is 0 Å². The Morgan fingerprint density at radius 1 is 0.500 bits per heavy atom. The molecule has 46 heavy (non-hydrogen) atoms. The minimum Gasteiger partial charge on any atom is -0.418 e. The predicted molar refractivity (Wildman–Crippen MR) is 189 cm³/mol. The molecule has 0 spiro atoms. The fourth-order valence-corrected chi connectivity index (χ4v) is 6.18. The van der Waals surface area contributed by atoms with Crippen LogP contribution in [-0.2, 0) is 22.3 Å². The molecular formula is C42H48O4. The van der Waals surface area contributed by atoms with E-state index in [-0.39, 0.29) is 11.5 Å². The van der Waals surface area contributed by atoms with Gasteiger partial charge in [-0.15, -0.1) is 0 Å². The van der Waals surface area contributed by atoms with Gasteiger partial charge in [0.15, 0.2) is 11.5 Å². The second-order valence-corrected chi connectivity index (χ2v) is 12.6. The lowest BCUT2D eigenvalue weighted by Crippen LogP contribution is -2.14. The summed E-state index contributed by atoms with van der Waals surface area (Å²) in [6.45, 7) is 16.4. The van der Waals surface area contributed by atoms with E-state index >= 15 is 0 Å². The molecule has 4 heteroatoms. The third-order valence-corrected chi connectivity index (χ3v) is 8.42. The number of unbranched alkanes of at least 4 members (excludes halogenated alkanes) is 2. The molecule has 0 fully saturated rings. The van der Waals surface area contributed by atoms with Crippen LogP contribution in [0.3, 0.4) is 0 Å². The summed E-state index contributed by atoms with van der Waals surface area (Å²) in [6.07, 6.45) is 6.32. The van der Waals surface area contributed by atoms with Gasteiger partial charge in [0.2, 0.25) is 0 Å². The molecule has 0 aliphatic carbocycles. The maximum atomic E-state index is 13.9. The van der Waals surface area contributed by atoms with Crippen LogP contribution >= 0.6 is 0 Å². The maximum absolute atomic E-state index is 13.9. The Morgan fingerprint density at radius 2 is 0.804 bits per heavy atom. The first kappa shape index (κ1) is 34.4. The molecule has 0 bridgehead atoms. The van der Waals surface area contributed by atoms with Crippen molar-refractivity contribution in [2.24, 2.45) is 0 Å². The van der Waals surface area contributed by atoms with Gasteiger partial charge in [0.1, 0.15) is 0 Å². The standard InChI is InChI=1S/C42H48O4/c1-9-11-13-33-15-19-35(20-16-33)41(43)45-39(37-29(5)23-27(3)24-30(37)6)40(38-31(7)25-28(4)26-32(38)8)46-42(44)36-21-17-34(18-22-36)14-12-10-2/h15-26H,9-14H2,1-8H3. The van der Waals surface area contributed by atoms with Crippen LogP contribution in [0.4, 0.5) is 0 Å². The highest BCUT2D eigenvalue weighted by molar-refractivity contribution is 6.02. The first-order valence-electron chi connectivity index (χ1n) is 16.5. The zero-order valence-corrected chi connectivity index (χ0v) is 28.8. The molecule has 240 valence electrons. The van der Waals surface area contributed by atoms with Crippen molar-refractivity contribution in [1.82, 2.24) is 0 Å². The van der Waals surface area contributed by atoms with Crippen molar-refractivity contribution in [3.8, 4) is 0 Å². The summed E-state index contributed by atoms with van der Waals surface area (Å²) in [6, 6.07) is 23.4.